The molecule has 0 spiro atoms. The van der Waals surface area contributed by atoms with Crippen molar-refractivity contribution in [3.05, 3.63) is 0 Å². The minimum atomic E-state index is -0.923. The van der Waals surface area contributed by atoms with Gasteiger partial charge < -0.3 is 10.4 Å². The zero-order valence-electron chi connectivity index (χ0n) is 8.94. The van der Waals surface area contributed by atoms with Crippen LogP contribution in [0.25, 0.3) is 0 Å². The Bertz CT molecular complexity index is 218. The quantitative estimate of drug-likeness (QED) is 0.629. The predicted molar refractivity (Wildman–Crippen MR) is 51.7 cm³/mol. The van der Waals surface area contributed by atoms with Crippen LogP contribution in [0.2, 0.25) is 0 Å². The molecule has 0 aromatic carbocycles. The summed E-state index contributed by atoms with van der Waals surface area (Å²) in [6.07, 6.45) is -0.0778. The van der Waals surface area contributed by atoms with Gasteiger partial charge in [0.1, 0.15) is 0 Å². The lowest BCUT2D eigenvalue weighted by Gasteiger charge is -2.33. The van der Waals surface area contributed by atoms with E-state index in [4.69, 9.17) is 5.11 Å². The van der Waals surface area contributed by atoms with Crippen molar-refractivity contribution < 1.29 is 14.7 Å². The second kappa shape index (κ2) is 5.43. The fourth-order valence-electron chi connectivity index (χ4n) is 1.23. The highest BCUT2D eigenvalue weighted by molar-refractivity contribution is 5.75. The number of hydrogen-bond acceptors (Lipinski definition) is 3. The van der Waals surface area contributed by atoms with E-state index < -0.39 is 5.97 Å². The first kappa shape index (κ1) is 12.7. The molecule has 0 fully saturated rings. The lowest BCUT2D eigenvalue weighted by atomic mass is 10.2. The standard InChI is InChI=1S/C8H17N3O3/c1-6(5-7(12)13)11(10(3)4)8(14)9-2/h6H,5H2,1-4H3,(H,9,14)(H,12,13). The average Bonchev–Trinajstić information content (AvgIpc) is 2.01. The molecule has 14 heavy (non-hydrogen) atoms. The van der Waals surface area contributed by atoms with Crippen LogP contribution >= 0.6 is 0 Å². The van der Waals surface area contributed by atoms with Crippen molar-refractivity contribution in [3.8, 4) is 0 Å². The summed E-state index contributed by atoms with van der Waals surface area (Å²) in [5.41, 5.74) is 0. The second-order valence-corrected chi connectivity index (χ2v) is 3.19. The topological polar surface area (TPSA) is 72.9 Å². The summed E-state index contributed by atoms with van der Waals surface area (Å²) in [5, 5.41) is 14.0. The number of hydrogen-bond donors (Lipinski definition) is 2. The molecule has 0 saturated heterocycles. The molecule has 1 atom stereocenters. The van der Waals surface area contributed by atoms with Gasteiger partial charge in [-0.1, -0.05) is 0 Å². The maximum absolute atomic E-state index is 11.4. The second-order valence-electron chi connectivity index (χ2n) is 3.19. The molecule has 2 amide bonds. The largest absolute Gasteiger partial charge is 0.481 e. The zero-order chi connectivity index (χ0) is 11.3. The Balaban J connectivity index is 4.48. The van der Waals surface area contributed by atoms with Gasteiger partial charge in [-0.05, 0) is 6.92 Å². The van der Waals surface area contributed by atoms with Crippen LogP contribution in [0.15, 0.2) is 0 Å². The van der Waals surface area contributed by atoms with E-state index in [0.29, 0.717) is 0 Å². The van der Waals surface area contributed by atoms with Gasteiger partial charge in [0, 0.05) is 21.1 Å². The van der Waals surface area contributed by atoms with Gasteiger partial charge in [-0.2, -0.15) is 0 Å². The molecule has 0 saturated carbocycles. The third kappa shape index (κ3) is 3.61. The Morgan fingerprint density at radius 1 is 1.43 bits per heavy atom. The summed E-state index contributed by atoms with van der Waals surface area (Å²) in [6, 6.07) is -0.689. The summed E-state index contributed by atoms with van der Waals surface area (Å²) in [6.45, 7) is 1.68. The van der Waals surface area contributed by atoms with E-state index in [1.807, 2.05) is 0 Å². The number of carboxylic acids is 1. The van der Waals surface area contributed by atoms with Crippen LogP contribution in [0, 0.1) is 0 Å². The van der Waals surface area contributed by atoms with Crippen molar-refractivity contribution in [2.75, 3.05) is 21.1 Å². The molecule has 6 heteroatoms. The van der Waals surface area contributed by atoms with Gasteiger partial charge in [-0.3, -0.25) is 9.80 Å². The molecule has 0 aromatic heterocycles. The first-order valence-electron chi connectivity index (χ1n) is 4.30. The van der Waals surface area contributed by atoms with Crippen molar-refractivity contribution >= 4 is 12.0 Å². The third-order valence-electron chi connectivity index (χ3n) is 1.74. The molecule has 0 radical (unpaired) electrons. The molecule has 1 unspecified atom stereocenters. The maximum Gasteiger partial charge on any atom is 0.331 e. The molecule has 0 heterocycles. The summed E-state index contributed by atoms with van der Waals surface area (Å²) in [4.78, 5) is 21.8. The number of carboxylic acid groups (broad SMARTS) is 1. The van der Waals surface area contributed by atoms with E-state index in [1.54, 1.807) is 26.0 Å². The molecular weight excluding hydrogens is 186 g/mol. The molecule has 2 N–H and O–H groups in total. The van der Waals surface area contributed by atoms with Crippen LogP contribution in [0.5, 0.6) is 0 Å². The van der Waals surface area contributed by atoms with Gasteiger partial charge in [0.15, 0.2) is 0 Å². The van der Waals surface area contributed by atoms with Crippen LogP contribution in [-0.4, -0.2) is 54.3 Å². The summed E-state index contributed by atoms with van der Waals surface area (Å²) >= 11 is 0. The number of aliphatic carboxylic acids is 1. The van der Waals surface area contributed by atoms with Gasteiger partial charge >= 0.3 is 12.0 Å². The fraction of sp³-hybridized carbons (Fsp3) is 0.750. The van der Waals surface area contributed by atoms with Crippen molar-refractivity contribution in [1.29, 1.82) is 0 Å². The number of amides is 2. The molecule has 6 nitrogen and oxygen atoms in total. The zero-order valence-corrected chi connectivity index (χ0v) is 8.94. The smallest absolute Gasteiger partial charge is 0.331 e. The highest BCUT2D eigenvalue weighted by atomic mass is 16.4. The van der Waals surface area contributed by atoms with Crippen LogP contribution < -0.4 is 5.32 Å². The Hall–Kier alpha value is -1.30. The minimum Gasteiger partial charge on any atom is -0.481 e. The lowest BCUT2D eigenvalue weighted by molar-refractivity contribution is -0.139. The number of nitrogens with zero attached hydrogens (tertiary/aromatic N) is 2. The number of carbonyl (C=O) groups excluding carboxylic acids is 1. The molecule has 0 rings (SSSR count). The van der Waals surface area contributed by atoms with Crippen LogP contribution in [0.4, 0.5) is 4.79 Å². The molecular formula is C8H17N3O3. The maximum atomic E-state index is 11.4. The van der Waals surface area contributed by atoms with Crippen molar-refractivity contribution in [2.24, 2.45) is 0 Å². The number of hydrazine groups is 1. The first-order valence-corrected chi connectivity index (χ1v) is 4.30. The number of rotatable bonds is 4. The fourth-order valence-corrected chi connectivity index (χ4v) is 1.23. The molecule has 0 aliphatic heterocycles. The van der Waals surface area contributed by atoms with Crippen molar-refractivity contribution in [1.82, 2.24) is 15.3 Å². The molecule has 82 valence electrons. The number of nitrogens with one attached hydrogen (secondary N) is 1. The first-order chi connectivity index (χ1) is 6.40. The number of urea groups is 1. The normalized spacial score (nSPS) is 12.4. The van der Waals surface area contributed by atoms with Crippen molar-refractivity contribution in [3.63, 3.8) is 0 Å². The van der Waals surface area contributed by atoms with Gasteiger partial charge in [0.2, 0.25) is 0 Å². The molecule has 0 aliphatic rings. The van der Waals surface area contributed by atoms with Crippen LogP contribution in [-0.2, 0) is 4.79 Å². The number of carbonyl (C=O) groups is 2. The highest BCUT2D eigenvalue weighted by Crippen LogP contribution is 2.05. The van der Waals surface area contributed by atoms with E-state index in [9.17, 15) is 9.59 Å². The Morgan fingerprint density at radius 2 is 1.93 bits per heavy atom. The van der Waals surface area contributed by atoms with Crippen LogP contribution in [0.3, 0.4) is 0 Å². The van der Waals surface area contributed by atoms with Gasteiger partial charge in [0.25, 0.3) is 0 Å². The monoisotopic (exact) mass is 203 g/mol. The Kier molecular flexibility index (Phi) is 4.93. The lowest BCUT2D eigenvalue weighted by Crippen LogP contribution is -2.51. The third-order valence-corrected chi connectivity index (χ3v) is 1.74. The minimum absolute atomic E-state index is 0.0778. The summed E-state index contributed by atoms with van der Waals surface area (Å²) in [5.74, 6) is -0.923. The van der Waals surface area contributed by atoms with Crippen LogP contribution in [0.1, 0.15) is 13.3 Å². The van der Waals surface area contributed by atoms with Gasteiger partial charge in [0.05, 0.1) is 12.5 Å². The molecule has 0 bridgehead atoms. The highest BCUT2D eigenvalue weighted by Gasteiger charge is 2.23. The Morgan fingerprint density at radius 3 is 2.21 bits per heavy atom. The van der Waals surface area contributed by atoms with E-state index in [-0.39, 0.29) is 18.5 Å². The summed E-state index contributed by atoms with van der Waals surface area (Å²) in [7, 11) is 4.88. The average molecular weight is 203 g/mol. The molecule has 0 aliphatic carbocycles. The SMILES string of the molecule is CNC(=O)N(C(C)CC(=O)O)N(C)C. The van der Waals surface area contributed by atoms with E-state index in [1.165, 1.54) is 12.1 Å². The molecule has 0 aromatic rings. The van der Waals surface area contributed by atoms with E-state index >= 15 is 0 Å². The van der Waals surface area contributed by atoms with E-state index in [0.717, 1.165) is 0 Å². The summed E-state index contributed by atoms with van der Waals surface area (Å²) < 4.78 is 0. The van der Waals surface area contributed by atoms with E-state index in [2.05, 4.69) is 5.32 Å². The van der Waals surface area contributed by atoms with Gasteiger partial charge in [-0.15, -0.1) is 0 Å². The predicted octanol–water partition coefficient (Wildman–Crippen LogP) is -0.0324. The Labute approximate surface area is 83.5 Å². The van der Waals surface area contributed by atoms with Gasteiger partial charge in [-0.25, -0.2) is 9.80 Å². The van der Waals surface area contributed by atoms with Crippen molar-refractivity contribution in [2.45, 2.75) is 19.4 Å².